The Morgan fingerprint density at radius 1 is 1.39 bits per heavy atom. The first kappa shape index (κ1) is 14.8. The van der Waals surface area contributed by atoms with Crippen molar-refractivity contribution in [2.45, 2.75) is 13.3 Å². The third-order valence-electron chi connectivity index (χ3n) is 2.54. The van der Waals surface area contributed by atoms with Crippen LogP contribution in [0.5, 0.6) is 0 Å². The maximum absolute atomic E-state index is 11.1. The Bertz CT molecular complexity index is 474. The first-order chi connectivity index (χ1) is 8.42. The zero-order chi connectivity index (χ0) is 13.6. The first-order valence-corrected chi connectivity index (χ1v) is 8.06. The lowest BCUT2D eigenvalue weighted by Crippen LogP contribution is -2.25. The van der Waals surface area contributed by atoms with E-state index in [-0.39, 0.29) is 5.75 Å². The van der Waals surface area contributed by atoms with Gasteiger partial charge >= 0.3 is 0 Å². The molecule has 102 valence electrons. The van der Waals surface area contributed by atoms with Crippen molar-refractivity contribution in [1.29, 1.82) is 0 Å². The van der Waals surface area contributed by atoms with Gasteiger partial charge in [0.1, 0.15) is 9.84 Å². The van der Waals surface area contributed by atoms with Crippen LogP contribution in [0.4, 0.5) is 11.4 Å². The number of anilines is 2. The number of sulfone groups is 1. The van der Waals surface area contributed by atoms with Gasteiger partial charge in [-0.05, 0) is 12.5 Å². The third-order valence-corrected chi connectivity index (χ3v) is 3.47. The van der Waals surface area contributed by atoms with Crippen LogP contribution in [-0.2, 0) is 9.84 Å². The number of nitrogens with zero attached hydrogens (tertiary/aromatic N) is 2. The number of hydrogen-bond donors (Lipinski definition) is 1. The van der Waals surface area contributed by atoms with E-state index in [1.165, 1.54) is 6.26 Å². The van der Waals surface area contributed by atoms with Gasteiger partial charge in [0.15, 0.2) is 0 Å². The van der Waals surface area contributed by atoms with Crippen LogP contribution in [-0.4, -0.2) is 45.5 Å². The Balaban J connectivity index is 2.64. The monoisotopic (exact) mass is 271 g/mol. The lowest BCUT2D eigenvalue weighted by atomic mass is 10.3. The summed E-state index contributed by atoms with van der Waals surface area (Å²) >= 11 is 0. The number of pyridine rings is 1. The van der Waals surface area contributed by atoms with Crippen molar-refractivity contribution in [3.05, 3.63) is 18.5 Å². The molecule has 0 atom stereocenters. The molecule has 0 saturated carbocycles. The largest absolute Gasteiger partial charge is 0.384 e. The van der Waals surface area contributed by atoms with E-state index < -0.39 is 9.84 Å². The molecule has 0 aromatic carbocycles. The van der Waals surface area contributed by atoms with E-state index in [2.05, 4.69) is 17.2 Å². The molecule has 0 spiro atoms. The van der Waals surface area contributed by atoms with E-state index in [9.17, 15) is 8.42 Å². The highest BCUT2D eigenvalue weighted by Gasteiger charge is 2.07. The topological polar surface area (TPSA) is 62.3 Å². The molecular formula is C12H21N3O2S. The quantitative estimate of drug-likeness (QED) is 0.812. The summed E-state index contributed by atoms with van der Waals surface area (Å²) in [7, 11) is -1.06. The Hall–Kier alpha value is -1.30. The second kappa shape index (κ2) is 6.58. The van der Waals surface area contributed by atoms with E-state index in [1.807, 2.05) is 18.0 Å². The van der Waals surface area contributed by atoms with E-state index in [1.54, 1.807) is 12.4 Å². The van der Waals surface area contributed by atoms with Crippen molar-refractivity contribution >= 4 is 21.2 Å². The maximum atomic E-state index is 11.1. The normalized spacial score (nSPS) is 11.3. The van der Waals surface area contributed by atoms with E-state index >= 15 is 0 Å². The van der Waals surface area contributed by atoms with Gasteiger partial charge in [-0.3, -0.25) is 4.98 Å². The van der Waals surface area contributed by atoms with Crippen LogP contribution in [0, 0.1) is 0 Å². The van der Waals surface area contributed by atoms with Crippen molar-refractivity contribution in [2.24, 2.45) is 0 Å². The standard InChI is InChI=1S/C12H21N3O2S/c1-4-5-14-11-8-12(10-13-9-11)15(2)6-7-18(3,16)17/h8-10,14H,4-7H2,1-3H3. The zero-order valence-corrected chi connectivity index (χ0v) is 12.0. The van der Waals surface area contributed by atoms with Crippen molar-refractivity contribution in [3.8, 4) is 0 Å². The van der Waals surface area contributed by atoms with Gasteiger partial charge in [0, 0.05) is 26.4 Å². The Morgan fingerprint density at radius 3 is 2.72 bits per heavy atom. The molecule has 0 aliphatic heterocycles. The van der Waals surface area contributed by atoms with E-state index in [0.717, 1.165) is 24.3 Å². The third kappa shape index (κ3) is 5.35. The Labute approximate surface area is 109 Å². The van der Waals surface area contributed by atoms with Crippen LogP contribution < -0.4 is 10.2 Å². The van der Waals surface area contributed by atoms with Gasteiger partial charge in [0.25, 0.3) is 0 Å². The maximum Gasteiger partial charge on any atom is 0.149 e. The van der Waals surface area contributed by atoms with Gasteiger partial charge in [0.05, 0.1) is 29.5 Å². The summed E-state index contributed by atoms with van der Waals surface area (Å²) in [4.78, 5) is 6.04. The molecule has 6 heteroatoms. The highest BCUT2D eigenvalue weighted by molar-refractivity contribution is 7.90. The fourth-order valence-corrected chi connectivity index (χ4v) is 2.04. The molecule has 1 aromatic rings. The summed E-state index contributed by atoms with van der Waals surface area (Å²) in [5, 5.41) is 3.25. The summed E-state index contributed by atoms with van der Waals surface area (Å²) in [5.74, 6) is 0.149. The van der Waals surface area contributed by atoms with Crippen molar-refractivity contribution < 1.29 is 8.42 Å². The molecule has 1 aromatic heterocycles. The average molecular weight is 271 g/mol. The van der Waals surface area contributed by atoms with Crippen LogP contribution >= 0.6 is 0 Å². The van der Waals surface area contributed by atoms with Gasteiger partial charge in [-0.25, -0.2) is 8.42 Å². The minimum absolute atomic E-state index is 0.149. The average Bonchev–Trinajstić information content (AvgIpc) is 2.33. The summed E-state index contributed by atoms with van der Waals surface area (Å²) in [5.41, 5.74) is 1.88. The van der Waals surface area contributed by atoms with Crippen LogP contribution in [0.2, 0.25) is 0 Å². The van der Waals surface area contributed by atoms with Crippen molar-refractivity contribution in [1.82, 2.24) is 4.98 Å². The lowest BCUT2D eigenvalue weighted by Gasteiger charge is -2.19. The van der Waals surface area contributed by atoms with Gasteiger partial charge < -0.3 is 10.2 Å². The number of hydrogen-bond acceptors (Lipinski definition) is 5. The Kier molecular flexibility index (Phi) is 5.40. The summed E-state index contributed by atoms with van der Waals surface area (Å²) in [6.45, 7) is 3.47. The predicted molar refractivity (Wildman–Crippen MR) is 76.0 cm³/mol. The van der Waals surface area contributed by atoms with Crippen LogP contribution in [0.25, 0.3) is 0 Å². The van der Waals surface area contributed by atoms with Crippen molar-refractivity contribution in [2.75, 3.05) is 42.4 Å². The molecule has 0 aliphatic carbocycles. The van der Waals surface area contributed by atoms with Crippen LogP contribution in [0.15, 0.2) is 18.5 Å². The Morgan fingerprint density at radius 2 is 2.11 bits per heavy atom. The van der Waals surface area contributed by atoms with Gasteiger partial charge in [-0.15, -0.1) is 0 Å². The second-order valence-corrected chi connectivity index (χ2v) is 6.67. The first-order valence-electron chi connectivity index (χ1n) is 6.00. The molecule has 0 unspecified atom stereocenters. The van der Waals surface area contributed by atoms with E-state index in [0.29, 0.717) is 6.54 Å². The lowest BCUT2D eigenvalue weighted by molar-refractivity contribution is 0.601. The summed E-state index contributed by atoms with van der Waals surface area (Å²) in [6.07, 6.45) is 5.80. The molecule has 0 saturated heterocycles. The fraction of sp³-hybridized carbons (Fsp3) is 0.583. The molecule has 0 fully saturated rings. The zero-order valence-electron chi connectivity index (χ0n) is 11.2. The van der Waals surface area contributed by atoms with E-state index in [4.69, 9.17) is 0 Å². The minimum atomic E-state index is -2.93. The molecule has 0 radical (unpaired) electrons. The van der Waals surface area contributed by atoms with Crippen LogP contribution in [0.3, 0.4) is 0 Å². The molecule has 5 nitrogen and oxygen atoms in total. The minimum Gasteiger partial charge on any atom is -0.384 e. The second-order valence-electron chi connectivity index (χ2n) is 4.41. The number of rotatable bonds is 7. The molecule has 18 heavy (non-hydrogen) atoms. The van der Waals surface area contributed by atoms with Crippen LogP contribution in [0.1, 0.15) is 13.3 Å². The molecule has 0 amide bonds. The fourth-order valence-electron chi connectivity index (χ4n) is 1.43. The van der Waals surface area contributed by atoms with Gasteiger partial charge in [-0.1, -0.05) is 6.92 Å². The molecule has 0 bridgehead atoms. The molecule has 1 heterocycles. The smallest absolute Gasteiger partial charge is 0.149 e. The molecule has 1 N–H and O–H groups in total. The van der Waals surface area contributed by atoms with Gasteiger partial charge in [-0.2, -0.15) is 0 Å². The predicted octanol–water partition coefficient (Wildman–Crippen LogP) is 1.38. The molecule has 0 aliphatic rings. The number of nitrogens with one attached hydrogen (secondary N) is 1. The summed E-state index contributed by atoms with van der Waals surface area (Å²) in [6, 6.07) is 1.98. The van der Waals surface area contributed by atoms with Crippen molar-refractivity contribution in [3.63, 3.8) is 0 Å². The highest BCUT2D eigenvalue weighted by atomic mass is 32.2. The summed E-state index contributed by atoms with van der Waals surface area (Å²) < 4.78 is 22.2. The van der Waals surface area contributed by atoms with Gasteiger partial charge in [0.2, 0.25) is 0 Å². The number of aromatic nitrogens is 1. The molecular weight excluding hydrogens is 250 g/mol. The highest BCUT2D eigenvalue weighted by Crippen LogP contribution is 2.16. The SMILES string of the molecule is CCCNc1cncc(N(C)CCS(C)(=O)=O)c1. The molecule has 1 rings (SSSR count).